The Morgan fingerprint density at radius 1 is 0.793 bits per heavy atom. The average molecular weight is 390 g/mol. The third-order valence-electron chi connectivity index (χ3n) is 12.3. The summed E-state index contributed by atoms with van der Waals surface area (Å²) in [4.78, 5) is 0. The Bertz CT molecular complexity index is 812. The molecule has 0 aromatic rings. The molecule has 0 spiro atoms. The summed E-state index contributed by atoms with van der Waals surface area (Å²) in [5, 5.41) is 8.88. The van der Waals surface area contributed by atoms with E-state index in [0.29, 0.717) is 12.2 Å². The summed E-state index contributed by atoms with van der Waals surface area (Å²) >= 11 is 0. The smallest absolute Gasteiger partial charge is 0.0648 e. The third-order valence-corrected chi connectivity index (χ3v) is 12.3. The van der Waals surface area contributed by atoms with E-state index in [4.69, 9.17) is 10.00 Å². The molecule has 29 heavy (non-hydrogen) atoms. The van der Waals surface area contributed by atoms with E-state index in [0.717, 1.165) is 95.7 Å². The molecule has 6 aliphatic carbocycles. The fourth-order valence-corrected chi connectivity index (χ4v) is 12.0. The highest BCUT2D eigenvalue weighted by Gasteiger charge is 2.77. The molecule has 0 aromatic carbocycles. The summed E-state index contributed by atoms with van der Waals surface area (Å²) < 4.78 is 7.00. The van der Waals surface area contributed by atoms with Crippen molar-refractivity contribution in [3.05, 3.63) is 12.2 Å². The largest absolute Gasteiger partial charge is 0.374 e. The van der Waals surface area contributed by atoms with Gasteiger partial charge in [-0.15, -0.1) is 0 Å². The summed E-state index contributed by atoms with van der Waals surface area (Å²) in [5.74, 6) is 13.4. The van der Waals surface area contributed by atoms with Gasteiger partial charge in [-0.3, -0.25) is 0 Å². The van der Waals surface area contributed by atoms with Gasteiger partial charge in [0.2, 0.25) is 0 Å². The number of ether oxygens (including phenoxy) is 1. The molecular weight excluding hydrogens is 354 g/mol. The lowest BCUT2D eigenvalue weighted by Crippen LogP contribution is -2.51. The van der Waals surface area contributed by atoms with E-state index in [1.165, 1.54) is 25.7 Å². The molecule has 5 saturated carbocycles. The quantitative estimate of drug-likeness (QED) is 0.371. The monoisotopic (exact) mass is 389 g/mol. The van der Waals surface area contributed by atoms with Crippen LogP contribution >= 0.6 is 0 Å². The number of hydrogen-bond acceptors (Lipinski definition) is 2. The lowest BCUT2D eigenvalue weighted by molar-refractivity contribution is -0.00442. The van der Waals surface area contributed by atoms with E-state index < -0.39 is 0 Å². The lowest BCUT2D eigenvalue weighted by Gasteiger charge is -2.49. The van der Waals surface area contributed by atoms with Gasteiger partial charge >= 0.3 is 0 Å². The molecule has 0 radical (unpaired) electrons. The second-order valence-corrected chi connectivity index (χ2v) is 12.5. The van der Waals surface area contributed by atoms with Gasteiger partial charge in [0, 0.05) is 6.42 Å². The van der Waals surface area contributed by atoms with E-state index in [2.05, 4.69) is 25.1 Å². The maximum Gasteiger partial charge on any atom is 0.0648 e. The highest BCUT2D eigenvalue weighted by atomic mass is 16.5. The van der Waals surface area contributed by atoms with Gasteiger partial charge in [-0.2, -0.15) is 5.26 Å². The molecule has 0 amide bonds. The van der Waals surface area contributed by atoms with Crippen molar-refractivity contribution in [3.8, 4) is 6.07 Å². The molecule has 7 fully saturated rings. The zero-order chi connectivity index (χ0) is 19.0. The van der Waals surface area contributed by atoms with Crippen molar-refractivity contribution < 1.29 is 4.74 Å². The molecule has 8 rings (SSSR count). The van der Waals surface area contributed by atoms with Crippen molar-refractivity contribution in [1.29, 1.82) is 5.26 Å². The number of fused-ring (bicyclic) bond motifs is 23. The first kappa shape index (κ1) is 16.8. The summed E-state index contributed by atoms with van der Waals surface area (Å²) in [6.07, 6.45) is 15.6. The Balaban J connectivity index is 1.08. The fourth-order valence-electron chi connectivity index (χ4n) is 12.0. The predicted octanol–water partition coefficient (Wildman–Crippen LogP) is 5.31. The minimum atomic E-state index is 0.637. The van der Waals surface area contributed by atoms with Crippen LogP contribution in [0.15, 0.2) is 12.2 Å². The maximum atomic E-state index is 8.88. The Hall–Kier alpha value is -0.810. The molecule has 154 valence electrons. The highest BCUT2D eigenvalue weighted by Crippen LogP contribution is 2.78. The molecule has 2 nitrogen and oxygen atoms in total. The third kappa shape index (κ3) is 1.79. The van der Waals surface area contributed by atoms with Gasteiger partial charge in [0.25, 0.3) is 0 Å². The average Bonchev–Trinajstić information content (AvgIpc) is 3.53. The van der Waals surface area contributed by atoms with Crippen LogP contribution in [0.3, 0.4) is 0 Å². The van der Waals surface area contributed by atoms with Crippen LogP contribution in [0.4, 0.5) is 0 Å². The minimum Gasteiger partial charge on any atom is -0.374 e. The number of nitriles is 1. The van der Waals surface area contributed by atoms with Crippen LogP contribution in [0.5, 0.6) is 0 Å². The van der Waals surface area contributed by atoms with Crippen LogP contribution in [0, 0.1) is 94.2 Å². The molecule has 2 saturated heterocycles. The first-order chi connectivity index (χ1) is 14.3. The molecule has 2 aliphatic heterocycles. The zero-order valence-electron chi connectivity index (χ0n) is 17.7. The highest BCUT2D eigenvalue weighted by molar-refractivity contribution is 5.28. The van der Waals surface area contributed by atoms with E-state index in [1.54, 1.807) is 6.42 Å². The van der Waals surface area contributed by atoms with Gasteiger partial charge in [0.05, 0.1) is 18.3 Å². The van der Waals surface area contributed by atoms with Crippen LogP contribution in [0.2, 0.25) is 0 Å². The van der Waals surface area contributed by atoms with Crippen molar-refractivity contribution in [3.63, 3.8) is 0 Å². The van der Waals surface area contributed by atoms with Gasteiger partial charge in [-0.25, -0.2) is 0 Å². The van der Waals surface area contributed by atoms with Crippen LogP contribution in [0.1, 0.15) is 51.9 Å². The van der Waals surface area contributed by atoms with Gasteiger partial charge in [0.15, 0.2) is 0 Å². The van der Waals surface area contributed by atoms with E-state index in [1.807, 2.05) is 0 Å². The van der Waals surface area contributed by atoms with Crippen LogP contribution in [0.25, 0.3) is 0 Å². The fraction of sp³-hybridized carbons (Fsp3) is 0.889. The number of hydrogen-bond donors (Lipinski definition) is 0. The summed E-state index contributed by atoms with van der Waals surface area (Å²) in [5.41, 5.74) is 0. The summed E-state index contributed by atoms with van der Waals surface area (Å²) in [6.45, 7) is 2.58. The van der Waals surface area contributed by atoms with Gasteiger partial charge < -0.3 is 4.74 Å². The molecule has 8 bridgehead atoms. The molecule has 0 N–H and O–H groups in total. The standard InChI is InChI=1S/C27H35NO/c1-12-15(5-3-2-4-8-28)17-10-16(12)22-23(17)27-25-19-11-18(24(25)26(22)29-27)20-13-6-7-14(9-13)21(19)20/h6-7,12-27H,2-5,9-11H2,1H3. The van der Waals surface area contributed by atoms with Gasteiger partial charge in [0.1, 0.15) is 0 Å². The van der Waals surface area contributed by atoms with Crippen molar-refractivity contribution in [1.82, 2.24) is 0 Å². The molecule has 8 aliphatic rings. The van der Waals surface area contributed by atoms with Crippen molar-refractivity contribution >= 4 is 0 Å². The second kappa shape index (κ2) is 5.51. The molecular formula is C27H35NO. The Labute approximate surface area is 175 Å². The number of allylic oxidation sites excluding steroid dienone is 2. The number of nitrogens with zero attached hydrogens (tertiary/aromatic N) is 1. The maximum absolute atomic E-state index is 8.88. The van der Waals surface area contributed by atoms with Gasteiger partial charge in [-0.1, -0.05) is 25.5 Å². The zero-order valence-corrected chi connectivity index (χ0v) is 17.7. The van der Waals surface area contributed by atoms with E-state index in [9.17, 15) is 0 Å². The topological polar surface area (TPSA) is 33.0 Å². The normalized spacial score (nSPS) is 65.9. The van der Waals surface area contributed by atoms with Crippen molar-refractivity contribution in [2.24, 2.45) is 82.9 Å². The minimum absolute atomic E-state index is 0.637. The lowest BCUT2D eigenvalue weighted by atomic mass is 9.53. The molecule has 16 unspecified atom stereocenters. The molecule has 2 heterocycles. The number of rotatable bonds is 4. The Kier molecular flexibility index (Phi) is 3.20. The Morgan fingerprint density at radius 3 is 2.10 bits per heavy atom. The van der Waals surface area contributed by atoms with Gasteiger partial charge in [-0.05, 0) is 115 Å². The van der Waals surface area contributed by atoms with Crippen molar-refractivity contribution in [2.45, 2.75) is 64.1 Å². The Morgan fingerprint density at radius 2 is 1.41 bits per heavy atom. The van der Waals surface area contributed by atoms with E-state index in [-0.39, 0.29) is 0 Å². The van der Waals surface area contributed by atoms with E-state index >= 15 is 0 Å². The van der Waals surface area contributed by atoms with Crippen molar-refractivity contribution in [2.75, 3.05) is 0 Å². The van der Waals surface area contributed by atoms with Crippen LogP contribution in [-0.2, 0) is 4.74 Å². The molecule has 16 atom stereocenters. The first-order valence-corrected chi connectivity index (χ1v) is 13.0. The van der Waals surface area contributed by atoms with Crippen LogP contribution in [-0.4, -0.2) is 12.2 Å². The predicted molar refractivity (Wildman–Crippen MR) is 110 cm³/mol. The molecule has 0 aromatic heterocycles. The SMILES string of the molecule is CC1C(CCCCC#N)C2CC1C1C3OC(C21)C1C2CC(C4C5C=CC(C5)C24)C31. The summed E-state index contributed by atoms with van der Waals surface area (Å²) in [6, 6.07) is 2.34. The molecule has 2 heteroatoms. The summed E-state index contributed by atoms with van der Waals surface area (Å²) in [7, 11) is 0. The first-order valence-electron chi connectivity index (χ1n) is 13.0. The second-order valence-electron chi connectivity index (χ2n) is 12.5. The van der Waals surface area contributed by atoms with Crippen LogP contribution < -0.4 is 0 Å². The number of unbranched alkanes of at least 4 members (excludes halogenated alkanes) is 2.